The number of hydrogen-bond donors (Lipinski definition) is 3. The summed E-state index contributed by atoms with van der Waals surface area (Å²) in [4.78, 5) is 15.1. The summed E-state index contributed by atoms with van der Waals surface area (Å²) in [5, 5.41) is 30.9. The maximum atomic E-state index is 13.3. The number of benzene rings is 2. The molecule has 0 spiro atoms. The van der Waals surface area contributed by atoms with E-state index in [1.165, 1.54) is 0 Å². The third-order valence-corrected chi connectivity index (χ3v) is 6.44. The number of aliphatic hydroxyl groups is 2. The van der Waals surface area contributed by atoms with E-state index in [0.717, 1.165) is 12.0 Å². The van der Waals surface area contributed by atoms with Gasteiger partial charge in [0.15, 0.2) is 0 Å². The summed E-state index contributed by atoms with van der Waals surface area (Å²) >= 11 is 0. The van der Waals surface area contributed by atoms with Crippen molar-refractivity contribution in [2.75, 3.05) is 13.7 Å². The Bertz CT molecular complexity index is 885. The van der Waals surface area contributed by atoms with Gasteiger partial charge >= 0.3 is 0 Å². The fourth-order valence-electron chi connectivity index (χ4n) is 4.98. The van der Waals surface area contributed by atoms with E-state index in [2.05, 4.69) is 0 Å². The number of nitrogens with zero attached hydrogens (tertiary/aromatic N) is 1. The Balaban J connectivity index is 1.70. The maximum absolute atomic E-state index is 13.3. The number of para-hydroxylation sites is 2. The maximum Gasteiger partial charge on any atom is 0.227 e. The van der Waals surface area contributed by atoms with Crippen LogP contribution in [0.1, 0.15) is 30.0 Å². The Morgan fingerprint density at radius 2 is 1.79 bits per heavy atom. The topological polar surface area (TPSA) is 90.2 Å². The monoisotopic (exact) mass is 397 g/mol. The molecule has 2 aromatic carbocycles. The molecule has 1 aliphatic carbocycles. The Labute approximate surface area is 170 Å². The van der Waals surface area contributed by atoms with Crippen molar-refractivity contribution in [3.8, 4) is 11.5 Å². The number of phenolic OH excluding ortho intramolecular Hbond substituents is 1. The van der Waals surface area contributed by atoms with E-state index in [0.29, 0.717) is 24.3 Å². The fraction of sp³-hybridized carbons (Fsp3) is 0.435. The molecular formula is C23H27NO5. The van der Waals surface area contributed by atoms with Crippen molar-refractivity contribution in [1.82, 2.24) is 4.90 Å². The van der Waals surface area contributed by atoms with Crippen molar-refractivity contribution in [2.24, 2.45) is 11.8 Å². The zero-order chi connectivity index (χ0) is 20.5. The second-order valence-electron chi connectivity index (χ2n) is 8.00. The molecule has 2 fully saturated rings. The molecule has 1 amide bonds. The van der Waals surface area contributed by atoms with E-state index < -0.39 is 12.2 Å². The van der Waals surface area contributed by atoms with E-state index in [1.807, 2.05) is 24.3 Å². The lowest BCUT2D eigenvalue weighted by Crippen LogP contribution is -2.42. The summed E-state index contributed by atoms with van der Waals surface area (Å²) in [7, 11) is 1.61. The van der Waals surface area contributed by atoms with E-state index >= 15 is 0 Å². The lowest BCUT2D eigenvalue weighted by molar-refractivity contribution is -0.132. The summed E-state index contributed by atoms with van der Waals surface area (Å²) in [6.45, 7) is 0.373. The molecule has 1 saturated heterocycles. The predicted molar refractivity (Wildman–Crippen MR) is 107 cm³/mol. The molecule has 3 N–H and O–H groups in total. The lowest BCUT2D eigenvalue weighted by atomic mass is 9.74. The summed E-state index contributed by atoms with van der Waals surface area (Å²) in [5.41, 5.74) is 1.49. The highest BCUT2D eigenvalue weighted by Gasteiger charge is 2.51. The number of rotatable bonds is 4. The molecule has 6 heteroatoms. The molecule has 5 atom stereocenters. The molecule has 0 radical (unpaired) electrons. The lowest BCUT2D eigenvalue weighted by Gasteiger charge is -2.36. The number of aliphatic hydroxyl groups excluding tert-OH is 2. The molecule has 29 heavy (non-hydrogen) atoms. The van der Waals surface area contributed by atoms with Gasteiger partial charge in [0.25, 0.3) is 0 Å². The van der Waals surface area contributed by atoms with Crippen LogP contribution in [0.5, 0.6) is 11.5 Å². The van der Waals surface area contributed by atoms with Crippen LogP contribution in [0.25, 0.3) is 0 Å². The van der Waals surface area contributed by atoms with Crippen LogP contribution in [-0.2, 0) is 11.2 Å². The zero-order valence-electron chi connectivity index (χ0n) is 16.4. The number of carbonyl (C=O) groups excluding carboxylic acids is 1. The highest BCUT2D eigenvalue weighted by Crippen LogP contribution is 2.50. The molecule has 1 aliphatic heterocycles. The smallest absolute Gasteiger partial charge is 0.227 e. The summed E-state index contributed by atoms with van der Waals surface area (Å²) in [5.74, 6) is 0.541. The number of hydrogen-bond acceptors (Lipinski definition) is 5. The van der Waals surface area contributed by atoms with Crippen LogP contribution in [0.3, 0.4) is 0 Å². The van der Waals surface area contributed by atoms with Crippen LogP contribution < -0.4 is 4.74 Å². The number of methoxy groups -OCH3 is 1. The molecule has 1 saturated carbocycles. The fourth-order valence-corrected chi connectivity index (χ4v) is 4.98. The van der Waals surface area contributed by atoms with Gasteiger partial charge in [-0.05, 0) is 30.9 Å². The standard InChI is InChI=1S/C23H27NO5/c1-29-20-9-5-3-7-16(20)22-15-10-11-19(26)23(28)17(15)13-24(22)21(27)12-14-6-2-4-8-18(14)25/h2-9,15,17,19,22-23,25-26,28H,10-13H2,1H3. The Morgan fingerprint density at radius 3 is 2.55 bits per heavy atom. The van der Waals surface area contributed by atoms with Gasteiger partial charge in [0.2, 0.25) is 5.91 Å². The number of ether oxygens (including phenoxy) is 1. The van der Waals surface area contributed by atoms with E-state index in [-0.39, 0.29) is 36.0 Å². The second kappa shape index (κ2) is 8.05. The van der Waals surface area contributed by atoms with Gasteiger partial charge in [-0.15, -0.1) is 0 Å². The minimum absolute atomic E-state index is 0.0398. The Kier molecular flexibility index (Phi) is 5.48. The first-order valence-electron chi connectivity index (χ1n) is 10.1. The van der Waals surface area contributed by atoms with Crippen LogP contribution in [0.2, 0.25) is 0 Å². The average molecular weight is 397 g/mol. The quantitative estimate of drug-likeness (QED) is 0.736. The van der Waals surface area contributed by atoms with E-state index in [4.69, 9.17) is 4.74 Å². The van der Waals surface area contributed by atoms with Gasteiger partial charge in [0, 0.05) is 23.6 Å². The Hall–Kier alpha value is -2.57. The SMILES string of the molecule is COc1ccccc1C1C2CCC(O)C(O)C2CN1C(=O)Cc1ccccc1O. The zero-order valence-corrected chi connectivity index (χ0v) is 16.4. The van der Waals surface area contributed by atoms with Crippen LogP contribution in [0.15, 0.2) is 48.5 Å². The largest absolute Gasteiger partial charge is 0.508 e. The molecule has 6 nitrogen and oxygen atoms in total. The predicted octanol–water partition coefficient (Wildman–Crippen LogP) is 2.27. The van der Waals surface area contributed by atoms with Crippen molar-refractivity contribution in [3.05, 3.63) is 59.7 Å². The summed E-state index contributed by atoms with van der Waals surface area (Å²) in [6, 6.07) is 14.3. The van der Waals surface area contributed by atoms with Gasteiger partial charge in [-0.25, -0.2) is 0 Å². The number of fused-ring (bicyclic) bond motifs is 1. The number of phenols is 1. The van der Waals surface area contributed by atoms with Crippen LogP contribution in [0, 0.1) is 11.8 Å². The van der Waals surface area contributed by atoms with Crippen LogP contribution in [0.4, 0.5) is 0 Å². The molecule has 0 bridgehead atoms. The van der Waals surface area contributed by atoms with Crippen molar-refractivity contribution >= 4 is 5.91 Å². The third kappa shape index (κ3) is 3.58. The van der Waals surface area contributed by atoms with Gasteiger partial charge in [0.1, 0.15) is 11.5 Å². The molecule has 5 unspecified atom stereocenters. The van der Waals surface area contributed by atoms with Gasteiger partial charge in [-0.1, -0.05) is 36.4 Å². The van der Waals surface area contributed by atoms with Crippen LogP contribution in [-0.4, -0.2) is 52.0 Å². The normalized spacial score (nSPS) is 28.8. The minimum Gasteiger partial charge on any atom is -0.508 e. The van der Waals surface area contributed by atoms with E-state index in [1.54, 1.807) is 36.3 Å². The molecule has 2 aliphatic rings. The first kappa shape index (κ1) is 19.7. The summed E-state index contributed by atoms with van der Waals surface area (Å²) < 4.78 is 5.56. The second-order valence-corrected chi connectivity index (χ2v) is 8.00. The number of likely N-dealkylation sites (tertiary alicyclic amines) is 1. The van der Waals surface area contributed by atoms with Crippen molar-refractivity contribution in [2.45, 2.75) is 37.5 Å². The summed E-state index contributed by atoms with van der Waals surface area (Å²) in [6.07, 6.45) is -0.297. The van der Waals surface area contributed by atoms with E-state index in [9.17, 15) is 20.1 Å². The number of amides is 1. The third-order valence-electron chi connectivity index (χ3n) is 6.44. The van der Waals surface area contributed by atoms with Gasteiger partial charge in [-0.2, -0.15) is 0 Å². The van der Waals surface area contributed by atoms with Gasteiger partial charge in [0.05, 0.1) is 31.8 Å². The number of aromatic hydroxyl groups is 1. The Morgan fingerprint density at radius 1 is 1.07 bits per heavy atom. The highest BCUT2D eigenvalue weighted by molar-refractivity contribution is 5.80. The van der Waals surface area contributed by atoms with Crippen molar-refractivity contribution < 1.29 is 24.9 Å². The highest BCUT2D eigenvalue weighted by atomic mass is 16.5. The van der Waals surface area contributed by atoms with Crippen molar-refractivity contribution in [1.29, 1.82) is 0 Å². The number of carbonyl (C=O) groups is 1. The molecule has 154 valence electrons. The van der Waals surface area contributed by atoms with Crippen molar-refractivity contribution in [3.63, 3.8) is 0 Å². The first-order chi connectivity index (χ1) is 14.0. The molecule has 0 aromatic heterocycles. The molecule has 1 heterocycles. The average Bonchev–Trinajstić information content (AvgIpc) is 3.12. The molecular weight excluding hydrogens is 370 g/mol. The first-order valence-corrected chi connectivity index (χ1v) is 10.1. The molecule has 4 rings (SSSR count). The van der Waals surface area contributed by atoms with Gasteiger partial charge < -0.3 is 25.0 Å². The molecule has 2 aromatic rings. The van der Waals surface area contributed by atoms with Crippen LogP contribution >= 0.6 is 0 Å². The van der Waals surface area contributed by atoms with Gasteiger partial charge in [-0.3, -0.25) is 4.79 Å². The minimum atomic E-state index is -0.853.